The van der Waals surface area contributed by atoms with Gasteiger partial charge in [-0.2, -0.15) is 0 Å². The van der Waals surface area contributed by atoms with Gasteiger partial charge in [0.25, 0.3) is 5.91 Å². The van der Waals surface area contributed by atoms with Gasteiger partial charge in [0.2, 0.25) is 0 Å². The van der Waals surface area contributed by atoms with Crippen LogP contribution in [0, 0.1) is 0 Å². The number of hydrogen-bond acceptors (Lipinski definition) is 5. The van der Waals surface area contributed by atoms with Crippen molar-refractivity contribution in [2.24, 2.45) is 0 Å². The maximum atomic E-state index is 11.9. The van der Waals surface area contributed by atoms with Gasteiger partial charge in [-0.15, -0.1) is 0 Å². The SMILES string of the molecule is CN(C)C(=O)c1ccc(NCC2CN(Cc3ccccc3)CCCO2)nc1. The Morgan fingerprint density at radius 2 is 2.07 bits per heavy atom. The smallest absolute Gasteiger partial charge is 0.254 e. The zero-order chi connectivity index (χ0) is 19.1. The van der Waals surface area contributed by atoms with Crippen molar-refractivity contribution in [2.75, 3.05) is 45.7 Å². The zero-order valence-electron chi connectivity index (χ0n) is 16.1. The van der Waals surface area contributed by atoms with Crippen LogP contribution in [0.3, 0.4) is 0 Å². The molecular formula is C21H28N4O2. The van der Waals surface area contributed by atoms with Gasteiger partial charge < -0.3 is 15.0 Å². The fraction of sp³-hybridized carbons (Fsp3) is 0.429. The van der Waals surface area contributed by atoms with Crippen molar-refractivity contribution in [1.29, 1.82) is 0 Å². The highest BCUT2D eigenvalue weighted by atomic mass is 16.5. The fourth-order valence-corrected chi connectivity index (χ4v) is 3.18. The Bertz CT molecular complexity index is 719. The average Bonchev–Trinajstić information content (AvgIpc) is 2.92. The summed E-state index contributed by atoms with van der Waals surface area (Å²) in [6.45, 7) is 4.35. The first-order valence-corrected chi connectivity index (χ1v) is 9.41. The van der Waals surface area contributed by atoms with Crippen LogP contribution in [0.25, 0.3) is 0 Å². The first-order chi connectivity index (χ1) is 13.1. The molecule has 0 radical (unpaired) electrons. The van der Waals surface area contributed by atoms with Crippen LogP contribution in [0.5, 0.6) is 0 Å². The van der Waals surface area contributed by atoms with Crippen molar-refractivity contribution in [2.45, 2.75) is 19.1 Å². The van der Waals surface area contributed by atoms with Gasteiger partial charge in [-0.3, -0.25) is 9.69 Å². The van der Waals surface area contributed by atoms with Crippen LogP contribution >= 0.6 is 0 Å². The summed E-state index contributed by atoms with van der Waals surface area (Å²) in [6, 6.07) is 14.2. The maximum absolute atomic E-state index is 11.9. The summed E-state index contributed by atoms with van der Waals surface area (Å²) in [6.07, 6.45) is 2.77. The molecule has 1 atom stereocenters. The van der Waals surface area contributed by atoms with Gasteiger partial charge in [-0.1, -0.05) is 30.3 Å². The molecule has 1 aliphatic rings. The number of benzene rings is 1. The van der Waals surface area contributed by atoms with Crippen LogP contribution in [0.15, 0.2) is 48.7 Å². The molecule has 144 valence electrons. The Hall–Kier alpha value is -2.44. The first-order valence-electron chi connectivity index (χ1n) is 9.41. The number of nitrogens with one attached hydrogen (secondary N) is 1. The molecule has 0 aliphatic carbocycles. The average molecular weight is 368 g/mol. The summed E-state index contributed by atoms with van der Waals surface area (Å²) in [4.78, 5) is 20.3. The standard InChI is InChI=1S/C21H28N4O2/c1-24(2)21(26)18-9-10-20(22-13-18)23-14-19-16-25(11-6-12-27-19)15-17-7-4-3-5-8-17/h3-5,7-10,13,19H,6,11-12,14-16H2,1-2H3,(H,22,23). The number of pyridine rings is 1. The van der Waals surface area contributed by atoms with Crippen LogP contribution in [0.4, 0.5) is 5.82 Å². The number of anilines is 1. The monoisotopic (exact) mass is 368 g/mol. The Morgan fingerprint density at radius 1 is 1.26 bits per heavy atom. The summed E-state index contributed by atoms with van der Waals surface area (Å²) in [7, 11) is 3.47. The van der Waals surface area contributed by atoms with Gasteiger partial charge in [0.05, 0.1) is 11.7 Å². The molecular weight excluding hydrogens is 340 g/mol. The second kappa shape index (κ2) is 9.48. The molecule has 0 saturated carbocycles. The minimum atomic E-state index is -0.0438. The number of aromatic nitrogens is 1. The lowest BCUT2D eigenvalue weighted by Crippen LogP contribution is -2.35. The molecule has 0 spiro atoms. The molecule has 3 rings (SSSR count). The highest BCUT2D eigenvalue weighted by Crippen LogP contribution is 2.12. The van der Waals surface area contributed by atoms with Crippen molar-refractivity contribution >= 4 is 11.7 Å². The molecule has 1 aromatic carbocycles. The van der Waals surface area contributed by atoms with Gasteiger partial charge in [-0.05, 0) is 24.1 Å². The molecule has 2 heterocycles. The van der Waals surface area contributed by atoms with E-state index >= 15 is 0 Å². The molecule has 2 aromatic rings. The lowest BCUT2D eigenvalue weighted by Gasteiger charge is -2.24. The third-order valence-corrected chi connectivity index (χ3v) is 4.61. The molecule has 1 aliphatic heterocycles. The van der Waals surface area contributed by atoms with Crippen molar-refractivity contribution in [3.63, 3.8) is 0 Å². The number of amides is 1. The van der Waals surface area contributed by atoms with E-state index in [9.17, 15) is 4.79 Å². The fourth-order valence-electron chi connectivity index (χ4n) is 3.18. The Morgan fingerprint density at radius 3 is 2.78 bits per heavy atom. The van der Waals surface area contributed by atoms with Crippen molar-refractivity contribution < 1.29 is 9.53 Å². The predicted octanol–water partition coefficient (Wildman–Crippen LogP) is 2.49. The lowest BCUT2D eigenvalue weighted by atomic mass is 10.2. The topological polar surface area (TPSA) is 57.7 Å². The molecule has 1 aromatic heterocycles. The molecule has 6 heteroatoms. The molecule has 0 bridgehead atoms. The van der Waals surface area contributed by atoms with Crippen LogP contribution in [-0.2, 0) is 11.3 Å². The Labute approximate surface area is 161 Å². The van der Waals surface area contributed by atoms with Crippen molar-refractivity contribution in [3.8, 4) is 0 Å². The van der Waals surface area contributed by atoms with E-state index < -0.39 is 0 Å². The molecule has 1 amide bonds. The summed E-state index contributed by atoms with van der Waals surface area (Å²) in [5.41, 5.74) is 1.92. The minimum Gasteiger partial charge on any atom is -0.375 e. The number of carbonyl (C=O) groups is 1. The molecule has 1 fully saturated rings. The van der Waals surface area contributed by atoms with Crippen molar-refractivity contribution in [1.82, 2.24) is 14.8 Å². The summed E-state index contributed by atoms with van der Waals surface area (Å²) >= 11 is 0. The van der Waals surface area contributed by atoms with Gasteiger partial charge in [0.15, 0.2) is 0 Å². The summed E-state index contributed by atoms with van der Waals surface area (Å²) < 4.78 is 5.99. The van der Waals surface area contributed by atoms with E-state index in [4.69, 9.17) is 4.74 Å². The van der Waals surface area contributed by atoms with E-state index in [0.29, 0.717) is 12.1 Å². The Balaban J connectivity index is 1.52. The normalized spacial score (nSPS) is 17.9. The number of hydrogen-bond donors (Lipinski definition) is 1. The highest BCUT2D eigenvalue weighted by molar-refractivity contribution is 5.93. The van der Waals surface area contributed by atoms with Crippen LogP contribution < -0.4 is 5.32 Å². The van der Waals surface area contributed by atoms with Crippen molar-refractivity contribution in [3.05, 3.63) is 59.8 Å². The van der Waals surface area contributed by atoms with Gasteiger partial charge in [0, 0.05) is 53.1 Å². The van der Waals surface area contributed by atoms with Gasteiger partial charge in [0.1, 0.15) is 5.82 Å². The van der Waals surface area contributed by atoms with E-state index in [1.807, 2.05) is 12.1 Å². The second-order valence-corrected chi connectivity index (χ2v) is 7.08. The first kappa shape index (κ1) is 19.3. The maximum Gasteiger partial charge on any atom is 0.254 e. The summed E-state index contributed by atoms with van der Waals surface area (Å²) in [5, 5.41) is 3.33. The van der Waals surface area contributed by atoms with Crippen LogP contribution in [0.1, 0.15) is 22.3 Å². The molecule has 1 N–H and O–H groups in total. The summed E-state index contributed by atoms with van der Waals surface area (Å²) in [5.74, 6) is 0.713. The van der Waals surface area contributed by atoms with E-state index in [0.717, 1.165) is 38.5 Å². The number of carbonyl (C=O) groups excluding carboxylic acids is 1. The van der Waals surface area contributed by atoms with Gasteiger partial charge in [-0.25, -0.2) is 4.98 Å². The molecule has 27 heavy (non-hydrogen) atoms. The third kappa shape index (κ3) is 5.77. The number of nitrogens with zero attached hydrogens (tertiary/aromatic N) is 3. The quantitative estimate of drug-likeness (QED) is 0.849. The van der Waals surface area contributed by atoms with E-state index in [1.165, 1.54) is 5.56 Å². The van der Waals surface area contributed by atoms with Crippen LogP contribution in [0.2, 0.25) is 0 Å². The minimum absolute atomic E-state index is 0.0438. The van der Waals surface area contributed by atoms with Crippen LogP contribution in [-0.4, -0.2) is 67.1 Å². The predicted molar refractivity (Wildman–Crippen MR) is 107 cm³/mol. The highest BCUT2D eigenvalue weighted by Gasteiger charge is 2.19. The molecule has 1 unspecified atom stereocenters. The number of rotatable bonds is 6. The third-order valence-electron chi connectivity index (χ3n) is 4.61. The van der Waals surface area contributed by atoms with E-state index in [-0.39, 0.29) is 12.0 Å². The van der Waals surface area contributed by atoms with Gasteiger partial charge >= 0.3 is 0 Å². The second-order valence-electron chi connectivity index (χ2n) is 7.08. The largest absolute Gasteiger partial charge is 0.375 e. The molecule has 1 saturated heterocycles. The van der Waals surface area contributed by atoms with E-state index in [2.05, 4.69) is 39.5 Å². The Kier molecular flexibility index (Phi) is 6.79. The van der Waals surface area contributed by atoms with E-state index in [1.54, 1.807) is 31.3 Å². The molecule has 6 nitrogen and oxygen atoms in total. The number of ether oxygens (including phenoxy) is 1. The zero-order valence-corrected chi connectivity index (χ0v) is 16.1. The lowest BCUT2D eigenvalue weighted by molar-refractivity contribution is 0.0624.